The van der Waals surface area contributed by atoms with Crippen molar-refractivity contribution in [1.29, 1.82) is 0 Å². The van der Waals surface area contributed by atoms with E-state index in [9.17, 15) is 5.11 Å². The topological polar surface area (TPSA) is 64.7 Å². The van der Waals surface area contributed by atoms with Crippen molar-refractivity contribution in [3.63, 3.8) is 0 Å². The molecule has 0 saturated heterocycles. The van der Waals surface area contributed by atoms with Gasteiger partial charge in [0.2, 0.25) is 0 Å². The van der Waals surface area contributed by atoms with Gasteiger partial charge in [-0.25, -0.2) is 0 Å². The highest BCUT2D eigenvalue weighted by Crippen LogP contribution is 2.25. The van der Waals surface area contributed by atoms with E-state index in [0.717, 1.165) is 29.7 Å². The number of aryl methyl sites for hydroxylation is 1. The summed E-state index contributed by atoms with van der Waals surface area (Å²) in [5.74, 6) is 0.743. The van der Waals surface area contributed by atoms with Crippen LogP contribution in [0.15, 0.2) is 18.2 Å². The Morgan fingerprint density at radius 2 is 2.05 bits per heavy atom. The standard InChI is InChI=1S/C16H27NO3/c1-4-5-8-19-10-14(18)11-20-16-9-12(2)6-7-15(16)13(3)17/h6-7,9,13-14,18H,4-5,8,10-11,17H2,1-3H3/t13-,14?/m1/s1. The van der Waals surface area contributed by atoms with Crippen LogP contribution in [0, 0.1) is 6.92 Å². The number of hydrogen-bond donors (Lipinski definition) is 2. The van der Waals surface area contributed by atoms with E-state index in [2.05, 4.69) is 6.92 Å². The third kappa shape index (κ3) is 5.90. The highest BCUT2D eigenvalue weighted by atomic mass is 16.5. The summed E-state index contributed by atoms with van der Waals surface area (Å²) < 4.78 is 11.1. The molecule has 2 atom stereocenters. The second kappa shape index (κ2) is 8.95. The Labute approximate surface area is 121 Å². The lowest BCUT2D eigenvalue weighted by Gasteiger charge is -2.17. The first-order chi connectivity index (χ1) is 9.54. The average molecular weight is 281 g/mol. The predicted molar refractivity (Wildman–Crippen MR) is 81.0 cm³/mol. The fraction of sp³-hybridized carbons (Fsp3) is 0.625. The lowest BCUT2D eigenvalue weighted by atomic mass is 10.1. The van der Waals surface area contributed by atoms with Gasteiger partial charge < -0.3 is 20.3 Å². The van der Waals surface area contributed by atoms with Gasteiger partial charge in [-0.2, -0.15) is 0 Å². The first-order valence-electron chi connectivity index (χ1n) is 7.29. The molecular weight excluding hydrogens is 254 g/mol. The molecule has 0 aliphatic heterocycles. The van der Waals surface area contributed by atoms with Crippen LogP contribution < -0.4 is 10.5 Å². The fourth-order valence-electron chi connectivity index (χ4n) is 1.84. The van der Waals surface area contributed by atoms with Crippen LogP contribution in [0.5, 0.6) is 5.75 Å². The fourth-order valence-corrected chi connectivity index (χ4v) is 1.84. The minimum Gasteiger partial charge on any atom is -0.490 e. The summed E-state index contributed by atoms with van der Waals surface area (Å²) in [6.07, 6.45) is 1.49. The molecule has 0 aromatic heterocycles. The number of benzene rings is 1. The lowest BCUT2D eigenvalue weighted by Crippen LogP contribution is -2.24. The van der Waals surface area contributed by atoms with E-state index >= 15 is 0 Å². The Balaban J connectivity index is 2.46. The summed E-state index contributed by atoms with van der Waals surface area (Å²) in [7, 11) is 0. The van der Waals surface area contributed by atoms with Gasteiger partial charge in [0.25, 0.3) is 0 Å². The van der Waals surface area contributed by atoms with Crippen LogP contribution in [-0.2, 0) is 4.74 Å². The van der Waals surface area contributed by atoms with E-state index in [-0.39, 0.29) is 12.6 Å². The van der Waals surface area contributed by atoms with Gasteiger partial charge >= 0.3 is 0 Å². The summed E-state index contributed by atoms with van der Waals surface area (Å²) in [6, 6.07) is 5.84. The molecule has 1 aromatic rings. The lowest BCUT2D eigenvalue weighted by molar-refractivity contribution is 0.0111. The van der Waals surface area contributed by atoms with Gasteiger partial charge in [-0.1, -0.05) is 25.5 Å². The summed E-state index contributed by atoms with van der Waals surface area (Å²) in [6.45, 7) is 7.23. The summed E-state index contributed by atoms with van der Waals surface area (Å²) in [4.78, 5) is 0. The molecule has 1 rings (SSSR count). The van der Waals surface area contributed by atoms with Gasteiger partial charge in [-0.05, 0) is 31.9 Å². The summed E-state index contributed by atoms with van der Waals surface area (Å²) in [5.41, 5.74) is 7.98. The van der Waals surface area contributed by atoms with Crippen molar-refractivity contribution in [2.75, 3.05) is 19.8 Å². The average Bonchev–Trinajstić information content (AvgIpc) is 2.41. The number of hydrogen-bond acceptors (Lipinski definition) is 4. The van der Waals surface area contributed by atoms with Crippen molar-refractivity contribution in [2.45, 2.75) is 45.8 Å². The Kier molecular flexibility index (Phi) is 7.59. The molecular formula is C16H27NO3. The van der Waals surface area contributed by atoms with Crippen LogP contribution in [0.3, 0.4) is 0 Å². The third-order valence-electron chi connectivity index (χ3n) is 3.04. The maximum Gasteiger partial charge on any atom is 0.124 e. The normalized spacial score (nSPS) is 14.1. The minimum absolute atomic E-state index is 0.0939. The number of ether oxygens (including phenoxy) is 2. The zero-order chi connectivity index (χ0) is 15.0. The van der Waals surface area contributed by atoms with Crippen LogP contribution >= 0.6 is 0 Å². The Morgan fingerprint density at radius 3 is 2.70 bits per heavy atom. The molecule has 0 radical (unpaired) electrons. The van der Waals surface area contributed by atoms with Gasteiger partial charge in [-0.3, -0.25) is 0 Å². The highest BCUT2D eigenvalue weighted by Gasteiger charge is 2.11. The molecule has 1 unspecified atom stereocenters. The van der Waals surface area contributed by atoms with Gasteiger partial charge in [0.15, 0.2) is 0 Å². The summed E-state index contributed by atoms with van der Waals surface area (Å²) in [5, 5.41) is 9.83. The van der Waals surface area contributed by atoms with Crippen molar-refractivity contribution in [3.8, 4) is 5.75 Å². The van der Waals surface area contributed by atoms with Crippen LogP contribution in [0.1, 0.15) is 43.9 Å². The van der Waals surface area contributed by atoms with Crippen LogP contribution in [0.2, 0.25) is 0 Å². The third-order valence-corrected chi connectivity index (χ3v) is 3.04. The number of unbranched alkanes of at least 4 members (excludes halogenated alkanes) is 1. The van der Waals surface area contributed by atoms with E-state index in [1.165, 1.54) is 0 Å². The Morgan fingerprint density at radius 1 is 1.30 bits per heavy atom. The maximum absolute atomic E-state index is 9.83. The van der Waals surface area contributed by atoms with Crippen molar-refractivity contribution >= 4 is 0 Å². The second-order valence-electron chi connectivity index (χ2n) is 5.22. The van der Waals surface area contributed by atoms with E-state index < -0.39 is 6.10 Å². The molecule has 1 aromatic carbocycles. The largest absolute Gasteiger partial charge is 0.490 e. The van der Waals surface area contributed by atoms with Crippen molar-refractivity contribution in [2.24, 2.45) is 5.73 Å². The van der Waals surface area contributed by atoms with Gasteiger partial charge in [0, 0.05) is 18.2 Å². The van der Waals surface area contributed by atoms with E-state index in [1.807, 2.05) is 32.0 Å². The van der Waals surface area contributed by atoms with Crippen molar-refractivity contribution in [3.05, 3.63) is 29.3 Å². The van der Waals surface area contributed by atoms with E-state index in [4.69, 9.17) is 15.2 Å². The zero-order valence-electron chi connectivity index (χ0n) is 12.8. The molecule has 0 fully saturated rings. The molecule has 0 bridgehead atoms. The van der Waals surface area contributed by atoms with Crippen molar-refractivity contribution < 1.29 is 14.6 Å². The number of nitrogens with two attached hydrogens (primary N) is 1. The molecule has 4 nitrogen and oxygen atoms in total. The molecule has 114 valence electrons. The van der Waals surface area contributed by atoms with Gasteiger partial charge in [0.05, 0.1) is 6.61 Å². The smallest absolute Gasteiger partial charge is 0.124 e. The van der Waals surface area contributed by atoms with Gasteiger partial charge in [-0.15, -0.1) is 0 Å². The maximum atomic E-state index is 9.83. The van der Waals surface area contributed by atoms with Crippen LogP contribution in [0.25, 0.3) is 0 Å². The quantitative estimate of drug-likeness (QED) is 0.683. The van der Waals surface area contributed by atoms with E-state index in [0.29, 0.717) is 13.2 Å². The minimum atomic E-state index is -0.617. The van der Waals surface area contributed by atoms with E-state index in [1.54, 1.807) is 0 Å². The molecule has 0 heterocycles. The zero-order valence-corrected chi connectivity index (χ0v) is 12.8. The second-order valence-corrected chi connectivity index (χ2v) is 5.22. The molecule has 4 heteroatoms. The Bertz CT molecular complexity index is 393. The molecule has 20 heavy (non-hydrogen) atoms. The highest BCUT2D eigenvalue weighted by molar-refractivity contribution is 5.38. The van der Waals surface area contributed by atoms with Gasteiger partial charge in [0.1, 0.15) is 18.5 Å². The molecule has 0 aliphatic rings. The number of aliphatic hydroxyl groups excluding tert-OH is 1. The SMILES string of the molecule is CCCCOCC(O)COc1cc(C)ccc1[C@@H](C)N. The molecule has 0 spiro atoms. The molecule has 3 N–H and O–H groups in total. The first-order valence-corrected chi connectivity index (χ1v) is 7.29. The van der Waals surface area contributed by atoms with Crippen LogP contribution in [-0.4, -0.2) is 31.0 Å². The monoisotopic (exact) mass is 281 g/mol. The first kappa shape index (κ1) is 17.0. The molecule has 0 saturated carbocycles. The molecule has 0 aliphatic carbocycles. The number of aliphatic hydroxyl groups is 1. The number of rotatable bonds is 9. The van der Waals surface area contributed by atoms with Crippen LogP contribution in [0.4, 0.5) is 0 Å². The predicted octanol–water partition coefficient (Wildman–Crippen LogP) is 2.57. The Hall–Kier alpha value is -1.10. The summed E-state index contributed by atoms with van der Waals surface area (Å²) >= 11 is 0. The van der Waals surface area contributed by atoms with Crippen molar-refractivity contribution in [1.82, 2.24) is 0 Å². The molecule has 0 amide bonds.